The third kappa shape index (κ3) is 4.82. The van der Waals surface area contributed by atoms with Crippen molar-refractivity contribution in [1.29, 1.82) is 0 Å². The van der Waals surface area contributed by atoms with Gasteiger partial charge in [0.2, 0.25) is 0 Å². The van der Waals surface area contributed by atoms with E-state index in [4.69, 9.17) is 14.0 Å². The molecule has 0 aliphatic carbocycles. The molecule has 2 heterocycles. The molecular formula is C25H26FN2O4P. The molecule has 8 heteroatoms. The monoisotopic (exact) mass is 468 g/mol. The molecule has 2 aliphatic rings. The zero-order valence-corrected chi connectivity index (χ0v) is 19.5. The molecule has 0 saturated carbocycles. The first-order valence-electron chi connectivity index (χ1n) is 11.0. The Morgan fingerprint density at radius 2 is 1.42 bits per heavy atom. The Labute approximate surface area is 193 Å². The molecule has 0 bridgehead atoms. The van der Waals surface area contributed by atoms with Crippen molar-refractivity contribution in [3.63, 3.8) is 0 Å². The highest BCUT2D eigenvalue weighted by atomic mass is 31.2. The van der Waals surface area contributed by atoms with Gasteiger partial charge >= 0.3 is 7.67 Å². The van der Waals surface area contributed by atoms with E-state index in [1.807, 2.05) is 58.7 Å². The van der Waals surface area contributed by atoms with Gasteiger partial charge in [-0.2, -0.15) is 0 Å². The van der Waals surface area contributed by atoms with Gasteiger partial charge in [-0.15, -0.1) is 0 Å². The number of rotatable bonds is 9. The SMILES string of the molecule is COc1ccc(C(C)OP(=O)(N2CC2)N2CC2)cc1Oc1ccc(-c2ccc(F)cc2)cc1. The van der Waals surface area contributed by atoms with Gasteiger partial charge in [-0.1, -0.05) is 30.3 Å². The summed E-state index contributed by atoms with van der Waals surface area (Å²) in [6.07, 6.45) is -0.369. The minimum absolute atomic E-state index is 0.260. The van der Waals surface area contributed by atoms with Gasteiger partial charge in [0.1, 0.15) is 11.6 Å². The van der Waals surface area contributed by atoms with Gasteiger partial charge < -0.3 is 9.47 Å². The van der Waals surface area contributed by atoms with E-state index < -0.39 is 7.67 Å². The van der Waals surface area contributed by atoms with Crippen LogP contribution in [-0.4, -0.2) is 42.6 Å². The quantitative estimate of drug-likeness (QED) is 0.279. The fraction of sp³-hybridized carbons (Fsp3) is 0.280. The number of methoxy groups -OCH3 is 1. The molecule has 3 aromatic rings. The van der Waals surface area contributed by atoms with Crippen LogP contribution in [0.2, 0.25) is 0 Å². The Balaban J connectivity index is 1.34. The molecule has 0 spiro atoms. The number of halogens is 1. The topological polar surface area (TPSA) is 50.8 Å². The molecule has 6 nitrogen and oxygen atoms in total. The number of nitrogens with zero attached hydrogens (tertiary/aromatic N) is 2. The maximum Gasteiger partial charge on any atom is 0.346 e. The van der Waals surface area contributed by atoms with E-state index in [2.05, 4.69) is 0 Å². The summed E-state index contributed by atoms with van der Waals surface area (Å²) in [7, 11) is -1.34. The van der Waals surface area contributed by atoms with Gasteiger partial charge in [0, 0.05) is 26.2 Å². The van der Waals surface area contributed by atoms with Gasteiger partial charge in [-0.25, -0.2) is 13.7 Å². The van der Waals surface area contributed by atoms with Crippen molar-refractivity contribution in [2.75, 3.05) is 33.3 Å². The first-order valence-corrected chi connectivity index (χ1v) is 12.5. The van der Waals surface area contributed by atoms with E-state index in [0.717, 1.165) is 42.9 Å². The molecule has 2 aliphatic heterocycles. The van der Waals surface area contributed by atoms with Crippen molar-refractivity contribution in [3.05, 3.63) is 78.1 Å². The average Bonchev–Trinajstić information content (AvgIpc) is 3.72. The first-order chi connectivity index (χ1) is 16.0. The molecule has 1 unspecified atom stereocenters. The molecule has 33 heavy (non-hydrogen) atoms. The summed E-state index contributed by atoms with van der Waals surface area (Å²) in [5, 5.41) is 0. The summed E-state index contributed by atoms with van der Waals surface area (Å²) in [5.41, 5.74) is 2.75. The molecule has 2 saturated heterocycles. The van der Waals surface area contributed by atoms with Crippen molar-refractivity contribution in [3.8, 4) is 28.4 Å². The van der Waals surface area contributed by atoms with Crippen molar-refractivity contribution in [1.82, 2.24) is 9.34 Å². The van der Waals surface area contributed by atoms with Crippen molar-refractivity contribution >= 4 is 7.67 Å². The highest BCUT2D eigenvalue weighted by Gasteiger charge is 2.50. The fourth-order valence-electron chi connectivity index (χ4n) is 3.68. The van der Waals surface area contributed by atoms with Gasteiger partial charge in [0.25, 0.3) is 0 Å². The van der Waals surface area contributed by atoms with E-state index in [0.29, 0.717) is 17.2 Å². The summed E-state index contributed by atoms with van der Waals surface area (Å²) in [5.74, 6) is 1.52. The zero-order valence-electron chi connectivity index (χ0n) is 18.6. The van der Waals surface area contributed by atoms with Crippen LogP contribution in [0.25, 0.3) is 11.1 Å². The predicted molar refractivity (Wildman–Crippen MR) is 125 cm³/mol. The molecular weight excluding hydrogens is 442 g/mol. The second-order valence-corrected chi connectivity index (χ2v) is 10.5. The van der Waals surface area contributed by atoms with Gasteiger partial charge in [0.15, 0.2) is 11.5 Å². The van der Waals surface area contributed by atoms with E-state index in [-0.39, 0.29) is 11.9 Å². The number of hydrogen-bond donors (Lipinski definition) is 0. The van der Waals surface area contributed by atoms with Gasteiger partial charge in [0.05, 0.1) is 13.2 Å². The molecule has 0 N–H and O–H groups in total. The van der Waals surface area contributed by atoms with Crippen LogP contribution in [0.1, 0.15) is 18.6 Å². The first kappa shape index (κ1) is 22.1. The normalized spacial score (nSPS) is 16.9. The highest BCUT2D eigenvalue weighted by Crippen LogP contribution is 2.63. The lowest BCUT2D eigenvalue weighted by Crippen LogP contribution is -2.10. The lowest BCUT2D eigenvalue weighted by molar-refractivity contribution is 0.200. The number of benzene rings is 3. The van der Waals surface area contributed by atoms with Crippen LogP contribution in [0.5, 0.6) is 17.2 Å². The Morgan fingerprint density at radius 1 is 0.848 bits per heavy atom. The molecule has 2 fully saturated rings. The van der Waals surface area contributed by atoms with Crippen LogP contribution in [0.4, 0.5) is 4.39 Å². The minimum Gasteiger partial charge on any atom is -0.493 e. The number of hydrogen-bond acceptors (Lipinski definition) is 4. The minimum atomic E-state index is -2.93. The average molecular weight is 468 g/mol. The second-order valence-electron chi connectivity index (χ2n) is 8.19. The lowest BCUT2D eigenvalue weighted by atomic mass is 10.1. The maximum absolute atomic E-state index is 13.3. The van der Waals surface area contributed by atoms with Crippen LogP contribution in [-0.2, 0) is 9.09 Å². The summed E-state index contributed by atoms with van der Waals surface area (Å²) in [4.78, 5) is 0. The van der Waals surface area contributed by atoms with Crippen LogP contribution >= 0.6 is 7.67 Å². The summed E-state index contributed by atoms with van der Waals surface area (Å²) >= 11 is 0. The maximum atomic E-state index is 13.3. The van der Waals surface area contributed by atoms with E-state index in [1.165, 1.54) is 12.1 Å². The summed E-state index contributed by atoms with van der Waals surface area (Å²) in [6, 6.07) is 19.6. The molecule has 0 amide bonds. The standard InChI is InChI=1S/C25H26FN2O4P/c1-18(32-33(29,27-13-14-27)28-15-16-28)21-7-12-24(30-2)25(17-21)31-23-10-5-20(6-11-23)19-3-8-22(26)9-4-19/h3-12,17-18H,13-16H2,1-2H3. The highest BCUT2D eigenvalue weighted by molar-refractivity contribution is 7.54. The third-order valence-electron chi connectivity index (χ3n) is 5.77. The Bertz CT molecular complexity index is 1160. The predicted octanol–water partition coefficient (Wildman–Crippen LogP) is 6.11. The van der Waals surface area contributed by atoms with Crippen LogP contribution in [0.15, 0.2) is 66.7 Å². The third-order valence-corrected chi connectivity index (χ3v) is 8.59. The van der Waals surface area contributed by atoms with Crippen molar-refractivity contribution < 1.29 is 23.0 Å². The fourth-order valence-corrected chi connectivity index (χ4v) is 6.03. The van der Waals surface area contributed by atoms with Crippen molar-refractivity contribution in [2.45, 2.75) is 13.0 Å². The van der Waals surface area contributed by atoms with Crippen LogP contribution in [0, 0.1) is 5.82 Å². The van der Waals surface area contributed by atoms with Crippen LogP contribution < -0.4 is 9.47 Å². The zero-order chi connectivity index (χ0) is 23.0. The molecule has 0 aromatic heterocycles. The number of ether oxygens (including phenoxy) is 2. The second kappa shape index (κ2) is 8.92. The van der Waals surface area contributed by atoms with Gasteiger partial charge in [-0.3, -0.25) is 9.09 Å². The Kier molecular flexibility index (Phi) is 5.97. The summed E-state index contributed by atoms with van der Waals surface area (Å²) in [6.45, 7) is 5.15. The Hall–Kier alpha value is -2.70. The summed E-state index contributed by atoms with van der Waals surface area (Å²) < 4.78 is 48.0. The van der Waals surface area contributed by atoms with Crippen LogP contribution in [0.3, 0.4) is 0 Å². The molecule has 3 aromatic carbocycles. The molecule has 172 valence electrons. The smallest absolute Gasteiger partial charge is 0.346 e. The lowest BCUT2D eigenvalue weighted by Gasteiger charge is -2.24. The van der Waals surface area contributed by atoms with E-state index in [9.17, 15) is 8.96 Å². The van der Waals surface area contributed by atoms with Gasteiger partial charge in [-0.05, 0) is 60.0 Å². The Morgan fingerprint density at radius 3 is 1.97 bits per heavy atom. The molecule has 0 radical (unpaired) electrons. The molecule has 5 rings (SSSR count). The largest absolute Gasteiger partial charge is 0.493 e. The molecule has 1 atom stereocenters. The van der Waals surface area contributed by atoms with Crippen molar-refractivity contribution in [2.24, 2.45) is 0 Å². The van der Waals surface area contributed by atoms with E-state index >= 15 is 0 Å². The van der Waals surface area contributed by atoms with E-state index in [1.54, 1.807) is 19.2 Å².